The molecule has 2 rings (SSSR count). The van der Waals surface area contributed by atoms with Crippen molar-refractivity contribution in [2.24, 2.45) is 10.9 Å². The molecular formula is C19H35N5S. The van der Waals surface area contributed by atoms with Gasteiger partial charge in [-0.05, 0) is 46.7 Å². The van der Waals surface area contributed by atoms with E-state index in [2.05, 4.69) is 53.8 Å². The molecule has 1 aromatic rings. The van der Waals surface area contributed by atoms with E-state index in [1.54, 1.807) is 11.3 Å². The molecule has 2 N–H and O–H groups in total. The van der Waals surface area contributed by atoms with Gasteiger partial charge in [0.25, 0.3) is 0 Å². The van der Waals surface area contributed by atoms with Gasteiger partial charge < -0.3 is 15.5 Å². The van der Waals surface area contributed by atoms with Crippen molar-refractivity contribution in [1.29, 1.82) is 0 Å². The lowest BCUT2D eigenvalue weighted by atomic mass is 9.83. The van der Waals surface area contributed by atoms with Gasteiger partial charge in [-0.1, -0.05) is 19.3 Å². The van der Waals surface area contributed by atoms with Crippen LogP contribution < -0.4 is 10.6 Å². The molecule has 1 unspecified atom stereocenters. The van der Waals surface area contributed by atoms with E-state index in [0.29, 0.717) is 6.04 Å². The van der Waals surface area contributed by atoms with Gasteiger partial charge in [-0.15, -0.1) is 11.3 Å². The van der Waals surface area contributed by atoms with Crippen LogP contribution in [0.25, 0.3) is 0 Å². The summed E-state index contributed by atoms with van der Waals surface area (Å²) < 4.78 is 0. The summed E-state index contributed by atoms with van der Waals surface area (Å²) >= 11 is 1.72. The quantitative estimate of drug-likeness (QED) is 0.549. The molecule has 1 aromatic heterocycles. The molecule has 1 saturated carbocycles. The van der Waals surface area contributed by atoms with E-state index >= 15 is 0 Å². The van der Waals surface area contributed by atoms with Crippen LogP contribution in [0.2, 0.25) is 0 Å². The average Bonchev–Trinajstić information content (AvgIpc) is 3.01. The van der Waals surface area contributed by atoms with Crippen LogP contribution in [0, 0.1) is 12.8 Å². The molecule has 1 heterocycles. The Morgan fingerprint density at radius 1 is 1.32 bits per heavy atom. The summed E-state index contributed by atoms with van der Waals surface area (Å²) in [6, 6.07) is 0.539. The molecule has 1 atom stereocenters. The molecule has 25 heavy (non-hydrogen) atoms. The Morgan fingerprint density at radius 2 is 2.08 bits per heavy atom. The maximum Gasteiger partial charge on any atom is 0.191 e. The van der Waals surface area contributed by atoms with E-state index in [0.717, 1.165) is 42.9 Å². The monoisotopic (exact) mass is 365 g/mol. The first-order valence-corrected chi connectivity index (χ1v) is 10.6. The van der Waals surface area contributed by atoms with Crippen LogP contribution in [-0.2, 0) is 6.42 Å². The SMILES string of the molecule is CCNC(=NCC(C1CCCCC1)N(C)C)NCCc1csc(C)n1. The summed E-state index contributed by atoms with van der Waals surface area (Å²) in [5.74, 6) is 1.71. The zero-order valence-electron chi connectivity index (χ0n) is 16.3. The largest absolute Gasteiger partial charge is 0.357 e. The predicted molar refractivity (Wildman–Crippen MR) is 109 cm³/mol. The Labute approximate surface area is 157 Å². The number of likely N-dealkylation sites (N-methyl/N-ethyl adjacent to an activating group) is 1. The molecule has 6 heteroatoms. The van der Waals surface area contributed by atoms with Crippen LogP contribution >= 0.6 is 11.3 Å². The summed E-state index contributed by atoms with van der Waals surface area (Å²) in [5.41, 5.74) is 1.17. The molecule has 0 spiro atoms. The number of hydrogen-bond donors (Lipinski definition) is 2. The van der Waals surface area contributed by atoms with E-state index in [1.807, 2.05) is 0 Å². The van der Waals surface area contributed by atoms with Crippen molar-refractivity contribution in [1.82, 2.24) is 20.5 Å². The minimum atomic E-state index is 0.539. The predicted octanol–water partition coefficient (Wildman–Crippen LogP) is 3.06. The van der Waals surface area contributed by atoms with Crippen molar-refractivity contribution in [2.75, 3.05) is 33.7 Å². The molecule has 5 nitrogen and oxygen atoms in total. The Balaban J connectivity index is 1.87. The Hall–Kier alpha value is -1.14. The highest BCUT2D eigenvalue weighted by molar-refractivity contribution is 7.09. The number of nitrogens with one attached hydrogen (secondary N) is 2. The highest BCUT2D eigenvalue weighted by Crippen LogP contribution is 2.28. The number of aliphatic imine (C=N–C) groups is 1. The molecule has 142 valence electrons. The summed E-state index contributed by atoms with van der Waals surface area (Å²) in [7, 11) is 4.39. The molecular weight excluding hydrogens is 330 g/mol. The second-order valence-electron chi connectivity index (χ2n) is 7.18. The third-order valence-corrected chi connectivity index (χ3v) is 5.80. The number of hydrogen-bond acceptors (Lipinski definition) is 4. The third kappa shape index (κ3) is 6.94. The van der Waals surface area contributed by atoms with Crippen molar-refractivity contribution < 1.29 is 0 Å². The molecule has 1 aliphatic carbocycles. The minimum absolute atomic E-state index is 0.539. The van der Waals surface area contributed by atoms with Gasteiger partial charge in [0.1, 0.15) is 0 Å². The van der Waals surface area contributed by atoms with Crippen molar-refractivity contribution in [3.63, 3.8) is 0 Å². The summed E-state index contributed by atoms with van der Waals surface area (Å²) in [4.78, 5) is 11.8. The lowest BCUT2D eigenvalue weighted by molar-refractivity contribution is 0.176. The first-order chi connectivity index (χ1) is 12.1. The van der Waals surface area contributed by atoms with Crippen molar-refractivity contribution >= 4 is 17.3 Å². The smallest absolute Gasteiger partial charge is 0.191 e. The topological polar surface area (TPSA) is 52.6 Å². The summed E-state index contributed by atoms with van der Waals surface area (Å²) in [6.07, 6.45) is 7.81. The van der Waals surface area contributed by atoms with Crippen LogP contribution in [0.15, 0.2) is 10.4 Å². The standard InChI is InChI=1S/C19H35N5S/c1-5-20-19(21-12-11-17-14-25-15(2)23-17)22-13-18(24(3)4)16-9-7-6-8-10-16/h14,16,18H,5-13H2,1-4H3,(H2,20,21,22). The Morgan fingerprint density at radius 3 is 2.68 bits per heavy atom. The number of aryl methyl sites for hydroxylation is 1. The highest BCUT2D eigenvalue weighted by atomic mass is 32.1. The van der Waals surface area contributed by atoms with Crippen LogP contribution in [0.1, 0.15) is 49.7 Å². The van der Waals surface area contributed by atoms with Crippen LogP contribution in [0.3, 0.4) is 0 Å². The van der Waals surface area contributed by atoms with Gasteiger partial charge in [0.15, 0.2) is 5.96 Å². The van der Waals surface area contributed by atoms with Crippen molar-refractivity contribution in [3.05, 3.63) is 16.1 Å². The van der Waals surface area contributed by atoms with E-state index in [1.165, 1.54) is 37.8 Å². The molecule has 0 saturated heterocycles. The number of guanidine groups is 1. The second-order valence-corrected chi connectivity index (χ2v) is 8.25. The van der Waals surface area contributed by atoms with Crippen LogP contribution in [-0.4, -0.2) is 55.6 Å². The van der Waals surface area contributed by atoms with E-state index < -0.39 is 0 Å². The lowest BCUT2D eigenvalue weighted by Gasteiger charge is -2.34. The van der Waals surface area contributed by atoms with Crippen molar-refractivity contribution in [2.45, 2.75) is 58.4 Å². The van der Waals surface area contributed by atoms with E-state index in [9.17, 15) is 0 Å². The van der Waals surface area contributed by atoms with Crippen LogP contribution in [0.5, 0.6) is 0 Å². The minimum Gasteiger partial charge on any atom is -0.357 e. The van der Waals surface area contributed by atoms with E-state index in [-0.39, 0.29) is 0 Å². The highest BCUT2D eigenvalue weighted by Gasteiger charge is 2.25. The number of nitrogens with zero attached hydrogens (tertiary/aromatic N) is 3. The first-order valence-electron chi connectivity index (χ1n) is 9.69. The molecule has 0 bridgehead atoms. The second kappa shape index (κ2) is 10.8. The molecule has 1 fully saturated rings. The molecule has 0 aromatic carbocycles. The van der Waals surface area contributed by atoms with Gasteiger partial charge in [0, 0.05) is 30.9 Å². The number of thiazole rings is 1. The fourth-order valence-electron chi connectivity index (χ4n) is 3.61. The first kappa shape index (κ1) is 20.2. The van der Waals surface area contributed by atoms with Gasteiger partial charge in [0.05, 0.1) is 17.2 Å². The Bertz CT molecular complexity index is 520. The fourth-order valence-corrected chi connectivity index (χ4v) is 4.26. The molecule has 0 aliphatic heterocycles. The molecule has 0 amide bonds. The maximum atomic E-state index is 4.88. The van der Waals surface area contributed by atoms with E-state index in [4.69, 9.17) is 4.99 Å². The average molecular weight is 366 g/mol. The lowest BCUT2D eigenvalue weighted by Crippen LogP contribution is -2.42. The maximum absolute atomic E-state index is 4.88. The van der Waals surface area contributed by atoms with Gasteiger partial charge in [-0.25, -0.2) is 4.98 Å². The summed E-state index contributed by atoms with van der Waals surface area (Å²) in [6.45, 7) is 6.79. The van der Waals surface area contributed by atoms with Crippen LogP contribution in [0.4, 0.5) is 0 Å². The zero-order chi connectivity index (χ0) is 18.1. The normalized spacial score (nSPS) is 17.7. The third-order valence-electron chi connectivity index (χ3n) is 4.98. The summed E-state index contributed by atoms with van der Waals surface area (Å²) in [5, 5.41) is 10.1. The zero-order valence-corrected chi connectivity index (χ0v) is 17.2. The van der Waals surface area contributed by atoms with Gasteiger partial charge in [-0.3, -0.25) is 4.99 Å². The number of rotatable bonds is 8. The molecule has 1 aliphatic rings. The van der Waals surface area contributed by atoms with Gasteiger partial charge in [0.2, 0.25) is 0 Å². The molecule has 0 radical (unpaired) electrons. The Kier molecular flexibility index (Phi) is 8.68. The van der Waals surface area contributed by atoms with Gasteiger partial charge >= 0.3 is 0 Å². The number of aromatic nitrogens is 1. The van der Waals surface area contributed by atoms with Crippen molar-refractivity contribution in [3.8, 4) is 0 Å². The fraction of sp³-hybridized carbons (Fsp3) is 0.789. The van der Waals surface area contributed by atoms with Gasteiger partial charge in [-0.2, -0.15) is 0 Å².